The molecule has 0 spiro atoms. The van der Waals surface area contributed by atoms with Crippen LogP contribution in [0.3, 0.4) is 0 Å². The summed E-state index contributed by atoms with van der Waals surface area (Å²) in [4.78, 5) is 0. The smallest absolute Gasteiger partial charge is 0.302 e. The molecule has 3 nitrogen and oxygen atoms in total. The first-order valence-electron chi connectivity index (χ1n) is 4.10. The third-order valence-corrected chi connectivity index (χ3v) is 5.92. The molecule has 0 unspecified atom stereocenters. The number of hydrogen-bond acceptors (Lipinski definition) is 3. The molecule has 1 heterocycles. The van der Waals surface area contributed by atoms with E-state index in [2.05, 4.69) is 48.7 Å². The summed E-state index contributed by atoms with van der Waals surface area (Å²) in [6.07, 6.45) is 0. The molecule has 0 amide bonds. The van der Waals surface area contributed by atoms with Gasteiger partial charge >= 0.3 is 14.0 Å². The van der Waals surface area contributed by atoms with Gasteiger partial charge in [0.1, 0.15) is 7.58 Å². The summed E-state index contributed by atoms with van der Waals surface area (Å²) in [6, 6.07) is 0. The molecule has 0 bridgehead atoms. The molecule has 0 aromatic rings. The van der Waals surface area contributed by atoms with E-state index in [0.29, 0.717) is 14.0 Å². The molecule has 0 saturated carbocycles. The molecule has 7 heteroatoms. The minimum atomic E-state index is -0.622. The van der Waals surface area contributed by atoms with Crippen LogP contribution in [0.15, 0.2) is 0 Å². The van der Waals surface area contributed by atoms with Crippen molar-refractivity contribution in [2.75, 3.05) is 21.1 Å². The monoisotopic (exact) mass is 205 g/mol. The summed E-state index contributed by atoms with van der Waals surface area (Å²) in [5.41, 5.74) is 0. The van der Waals surface area contributed by atoms with E-state index in [1.165, 1.54) is 0 Å². The topological polar surface area (TPSA) is 9.72 Å². The number of nitrogens with zero attached hydrogens (tertiary/aromatic N) is 3. The quantitative estimate of drug-likeness (QED) is 0.438. The summed E-state index contributed by atoms with van der Waals surface area (Å²) in [5, 5.41) is 0. The van der Waals surface area contributed by atoms with Crippen LogP contribution in [-0.2, 0) is 0 Å². The first-order chi connectivity index (χ1) is 5.46. The molecule has 0 aromatic carbocycles. The van der Waals surface area contributed by atoms with Gasteiger partial charge in [0.05, 0.1) is 0 Å². The van der Waals surface area contributed by atoms with E-state index in [-0.39, 0.29) is 0 Å². The molecule has 0 N–H and O–H groups in total. The highest BCUT2D eigenvalue weighted by molar-refractivity contribution is 7.82. The first kappa shape index (κ1) is 10.8. The zero-order valence-electron chi connectivity index (χ0n) is 8.32. The molecular weight excluding hydrogens is 190 g/mol. The summed E-state index contributed by atoms with van der Waals surface area (Å²) in [5.74, 6) is 0. The fraction of sp³-hybridized carbons (Fsp3) is 1.00. The molecule has 68 valence electrons. The van der Waals surface area contributed by atoms with E-state index >= 15 is 0 Å². The Morgan fingerprint density at radius 1 is 1.00 bits per heavy atom. The largest absolute Gasteiger partial charge is 0.358 e. The van der Waals surface area contributed by atoms with Crippen LogP contribution in [0.5, 0.6) is 0 Å². The molecule has 1 aliphatic heterocycles. The van der Waals surface area contributed by atoms with E-state index < -0.39 is 7.58 Å². The van der Waals surface area contributed by atoms with Gasteiger partial charge in [-0.3, -0.25) is 9.16 Å². The maximum absolute atomic E-state index is 6.26. The zero-order valence-corrected chi connectivity index (χ0v) is 9.97. The second-order valence-electron chi connectivity index (χ2n) is 3.32. The van der Waals surface area contributed by atoms with Gasteiger partial charge in [-0.2, -0.15) is 0 Å². The molecule has 1 fully saturated rings. The van der Waals surface area contributed by atoms with Crippen molar-refractivity contribution in [3.63, 3.8) is 0 Å². The Kier molecular flexibility index (Phi) is 3.47. The summed E-state index contributed by atoms with van der Waals surface area (Å²) < 4.78 is 6.72. The van der Waals surface area contributed by atoms with Crippen molar-refractivity contribution in [2.45, 2.75) is 13.6 Å². The van der Waals surface area contributed by atoms with Gasteiger partial charge in [0, 0.05) is 0 Å². The van der Waals surface area contributed by atoms with Gasteiger partial charge < -0.3 is 4.72 Å². The summed E-state index contributed by atoms with van der Waals surface area (Å²) in [7, 11) is 5.65. The Morgan fingerprint density at radius 3 is 1.67 bits per heavy atom. The Hall–Kier alpha value is 0.730. The van der Waals surface area contributed by atoms with Crippen LogP contribution in [0.4, 0.5) is 0 Å². The maximum atomic E-state index is 6.26. The van der Waals surface area contributed by atoms with Gasteiger partial charge in [0.15, 0.2) is 0 Å². The molecule has 1 saturated heterocycles. The van der Waals surface area contributed by atoms with Crippen LogP contribution in [0.2, 0.25) is 13.6 Å². The third-order valence-electron chi connectivity index (χ3n) is 2.78. The lowest BCUT2D eigenvalue weighted by atomic mass is 9.63. The highest BCUT2D eigenvalue weighted by Gasteiger charge is 2.40. The van der Waals surface area contributed by atoms with Crippen LogP contribution in [0.25, 0.3) is 0 Å². The molecule has 0 atom stereocenters. The average molecular weight is 205 g/mol. The van der Waals surface area contributed by atoms with Gasteiger partial charge in [0.25, 0.3) is 0 Å². The standard InChI is InChI=1S/C5H15B2ClN3P/c1-6-9(3)7(2)11(5)12(8)10(6)4/h1-5H3. The van der Waals surface area contributed by atoms with Crippen molar-refractivity contribution in [2.24, 2.45) is 0 Å². The molecule has 0 radical (unpaired) electrons. The third kappa shape index (κ3) is 1.66. The SMILES string of the molecule is CB1N(C)B(C)N(C)P(Cl)N1C. The Labute approximate surface area is 81.9 Å². The van der Waals surface area contributed by atoms with E-state index in [0.717, 1.165) is 0 Å². The Balaban J connectivity index is 2.76. The predicted octanol–water partition coefficient (Wildman–Crippen LogP) is 1.50. The fourth-order valence-corrected chi connectivity index (χ4v) is 3.42. The molecule has 12 heavy (non-hydrogen) atoms. The van der Waals surface area contributed by atoms with Crippen molar-refractivity contribution in [1.29, 1.82) is 0 Å². The summed E-state index contributed by atoms with van der Waals surface area (Å²) >= 11 is 6.26. The van der Waals surface area contributed by atoms with Crippen molar-refractivity contribution in [3.8, 4) is 0 Å². The second kappa shape index (κ2) is 3.85. The van der Waals surface area contributed by atoms with Crippen LogP contribution in [0.1, 0.15) is 0 Å². The van der Waals surface area contributed by atoms with Crippen LogP contribution < -0.4 is 0 Å². The molecule has 0 aliphatic carbocycles. The lowest BCUT2D eigenvalue weighted by Gasteiger charge is -2.47. The highest BCUT2D eigenvalue weighted by atomic mass is 35.7. The number of halogens is 1. The second-order valence-corrected chi connectivity index (χ2v) is 5.97. The highest BCUT2D eigenvalue weighted by Crippen LogP contribution is 2.51. The van der Waals surface area contributed by atoms with E-state index in [1.807, 2.05) is 0 Å². The molecular formula is C5H15B2ClN3P. The van der Waals surface area contributed by atoms with Gasteiger partial charge in [0.2, 0.25) is 0 Å². The van der Waals surface area contributed by atoms with E-state index in [9.17, 15) is 0 Å². The van der Waals surface area contributed by atoms with Gasteiger partial charge in [-0.25, -0.2) is 0 Å². The first-order valence-corrected chi connectivity index (χ1v) is 6.25. The number of rotatable bonds is 0. The van der Waals surface area contributed by atoms with Crippen LogP contribution >= 0.6 is 18.8 Å². The normalized spacial score (nSPS) is 25.5. The van der Waals surface area contributed by atoms with Gasteiger partial charge in [-0.05, 0) is 21.1 Å². The lowest BCUT2D eigenvalue weighted by molar-refractivity contribution is 0.589. The Bertz CT molecular complexity index is 116. The van der Waals surface area contributed by atoms with E-state index in [1.54, 1.807) is 0 Å². The average Bonchev–Trinajstić information content (AvgIpc) is 2.08. The molecule has 1 aliphatic rings. The lowest BCUT2D eigenvalue weighted by Crippen LogP contribution is -2.61. The van der Waals surface area contributed by atoms with Crippen molar-refractivity contribution >= 4 is 32.8 Å². The van der Waals surface area contributed by atoms with Crippen molar-refractivity contribution in [1.82, 2.24) is 13.9 Å². The van der Waals surface area contributed by atoms with Crippen LogP contribution in [0, 0.1) is 0 Å². The summed E-state index contributed by atoms with van der Waals surface area (Å²) in [6.45, 7) is 5.22. The van der Waals surface area contributed by atoms with Gasteiger partial charge in [-0.15, -0.1) is 0 Å². The maximum Gasteiger partial charge on any atom is 0.302 e. The van der Waals surface area contributed by atoms with Gasteiger partial charge in [-0.1, -0.05) is 24.9 Å². The van der Waals surface area contributed by atoms with E-state index in [4.69, 9.17) is 11.2 Å². The molecule has 0 aromatic heterocycles. The minimum absolute atomic E-state index is 0.430. The predicted molar refractivity (Wildman–Crippen MR) is 59.3 cm³/mol. The Morgan fingerprint density at radius 2 is 1.33 bits per heavy atom. The van der Waals surface area contributed by atoms with Crippen molar-refractivity contribution < 1.29 is 0 Å². The zero-order chi connectivity index (χ0) is 9.46. The van der Waals surface area contributed by atoms with Crippen molar-refractivity contribution in [3.05, 3.63) is 0 Å². The van der Waals surface area contributed by atoms with Crippen LogP contribution in [-0.4, -0.2) is 49.0 Å². The minimum Gasteiger partial charge on any atom is -0.358 e. The number of hydrogen-bond donors (Lipinski definition) is 0. The molecule has 1 rings (SSSR count). The fourth-order valence-electron chi connectivity index (χ4n) is 1.34.